The minimum absolute atomic E-state index is 0.170. The maximum atomic E-state index is 13.2. The molecule has 0 spiro atoms. The summed E-state index contributed by atoms with van der Waals surface area (Å²) in [4.78, 5) is 4.21. The highest BCUT2D eigenvalue weighted by atomic mass is 32.2. The van der Waals surface area contributed by atoms with E-state index in [4.69, 9.17) is 10.5 Å². The van der Waals surface area contributed by atoms with Gasteiger partial charge >= 0.3 is 0 Å². The predicted octanol–water partition coefficient (Wildman–Crippen LogP) is 3.03. The lowest BCUT2D eigenvalue weighted by Gasteiger charge is -2.25. The van der Waals surface area contributed by atoms with Crippen molar-refractivity contribution in [3.63, 3.8) is 0 Å². The van der Waals surface area contributed by atoms with Crippen molar-refractivity contribution in [1.29, 1.82) is 0 Å². The summed E-state index contributed by atoms with van der Waals surface area (Å²) in [6.45, 7) is 3.30. The molecule has 0 saturated heterocycles. The van der Waals surface area contributed by atoms with Crippen LogP contribution in [0.4, 0.5) is 11.4 Å². The molecule has 8 heteroatoms. The van der Waals surface area contributed by atoms with Crippen LogP contribution in [0.3, 0.4) is 0 Å². The van der Waals surface area contributed by atoms with E-state index in [9.17, 15) is 8.42 Å². The molecule has 1 heterocycles. The number of sulfonamides is 1. The number of benzene rings is 2. The number of anilines is 2. The van der Waals surface area contributed by atoms with Crippen LogP contribution in [0.5, 0.6) is 5.75 Å². The van der Waals surface area contributed by atoms with Gasteiger partial charge in [0.2, 0.25) is 0 Å². The molecule has 0 radical (unpaired) electrons. The maximum absolute atomic E-state index is 13.2. The highest BCUT2D eigenvalue weighted by molar-refractivity contribution is 7.92. The third-order valence-corrected chi connectivity index (χ3v) is 6.21. The SMILES string of the molecule is Cc1cc(OCCNc2ccncc2)cc(N(CCN)S(=O)(=O)c2ccccc2)c1. The zero-order valence-corrected chi connectivity index (χ0v) is 17.7. The van der Waals surface area contributed by atoms with Gasteiger partial charge in [-0.2, -0.15) is 0 Å². The Morgan fingerprint density at radius 2 is 1.80 bits per heavy atom. The molecule has 0 aliphatic rings. The Kier molecular flexibility index (Phi) is 7.26. The molecule has 3 rings (SSSR count). The van der Waals surface area contributed by atoms with E-state index in [2.05, 4.69) is 10.3 Å². The van der Waals surface area contributed by atoms with E-state index in [1.54, 1.807) is 48.8 Å². The highest BCUT2D eigenvalue weighted by Gasteiger charge is 2.24. The van der Waals surface area contributed by atoms with Crippen LogP contribution in [-0.4, -0.2) is 39.6 Å². The number of hydrogen-bond donors (Lipinski definition) is 2. The summed E-state index contributed by atoms with van der Waals surface area (Å²) >= 11 is 0. The molecule has 0 atom stereocenters. The van der Waals surface area contributed by atoms with E-state index in [1.807, 2.05) is 31.2 Å². The molecule has 0 aliphatic carbocycles. The maximum Gasteiger partial charge on any atom is 0.264 e. The second-order valence-corrected chi connectivity index (χ2v) is 8.56. The van der Waals surface area contributed by atoms with Crippen LogP contribution in [0.25, 0.3) is 0 Å². The van der Waals surface area contributed by atoms with E-state index < -0.39 is 10.0 Å². The molecule has 158 valence electrons. The molecule has 0 unspecified atom stereocenters. The Hall–Kier alpha value is -3.10. The molecular formula is C22H26N4O3S. The van der Waals surface area contributed by atoms with E-state index in [0.29, 0.717) is 24.6 Å². The summed E-state index contributed by atoms with van der Waals surface area (Å²) in [6.07, 6.45) is 3.43. The van der Waals surface area contributed by atoms with Crippen LogP contribution in [0, 0.1) is 6.92 Å². The summed E-state index contributed by atoms with van der Waals surface area (Å²) in [5, 5.41) is 3.25. The molecule has 2 aromatic carbocycles. The number of aromatic nitrogens is 1. The number of nitrogens with zero attached hydrogens (tertiary/aromatic N) is 2. The largest absolute Gasteiger partial charge is 0.492 e. The van der Waals surface area contributed by atoms with Gasteiger partial charge in [-0.3, -0.25) is 9.29 Å². The third kappa shape index (κ3) is 5.49. The standard InChI is InChI=1S/C22H26N4O3S/c1-18-15-20(26(13-9-23)30(27,28)22-5-3-2-4-6-22)17-21(16-18)29-14-12-25-19-7-10-24-11-8-19/h2-8,10-11,15-17H,9,12-14,23H2,1H3,(H,24,25). The van der Waals surface area contributed by atoms with Gasteiger partial charge in [0, 0.05) is 43.8 Å². The van der Waals surface area contributed by atoms with Crippen molar-refractivity contribution in [1.82, 2.24) is 4.98 Å². The molecule has 0 fully saturated rings. The average Bonchev–Trinajstić information content (AvgIpc) is 2.76. The Labute approximate surface area is 177 Å². The van der Waals surface area contributed by atoms with Gasteiger partial charge in [0.05, 0.1) is 10.6 Å². The summed E-state index contributed by atoms with van der Waals surface area (Å²) in [5.41, 5.74) is 8.11. The molecule has 1 aromatic heterocycles. The molecule has 3 N–H and O–H groups in total. The summed E-state index contributed by atoms with van der Waals surface area (Å²) in [5.74, 6) is 0.604. The van der Waals surface area contributed by atoms with Gasteiger partial charge in [0.1, 0.15) is 12.4 Å². The Morgan fingerprint density at radius 3 is 2.50 bits per heavy atom. The van der Waals surface area contributed by atoms with Gasteiger partial charge in [0.25, 0.3) is 10.0 Å². The van der Waals surface area contributed by atoms with Crippen LogP contribution < -0.4 is 20.1 Å². The van der Waals surface area contributed by atoms with Crippen LogP contribution in [0.2, 0.25) is 0 Å². The van der Waals surface area contributed by atoms with E-state index >= 15 is 0 Å². The van der Waals surface area contributed by atoms with Gasteiger partial charge in [-0.25, -0.2) is 8.42 Å². The third-order valence-electron chi connectivity index (χ3n) is 4.37. The summed E-state index contributed by atoms with van der Waals surface area (Å²) < 4.78 is 33.5. The second-order valence-electron chi connectivity index (χ2n) is 6.69. The smallest absolute Gasteiger partial charge is 0.264 e. The first-order valence-corrected chi connectivity index (χ1v) is 11.1. The minimum atomic E-state index is -3.73. The molecule has 0 bridgehead atoms. The fraction of sp³-hybridized carbons (Fsp3) is 0.227. The van der Waals surface area contributed by atoms with Crippen molar-refractivity contribution in [2.24, 2.45) is 5.73 Å². The first-order valence-electron chi connectivity index (χ1n) is 9.67. The Bertz CT molecular complexity index is 1040. The van der Waals surface area contributed by atoms with Crippen molar-refractivity contribution in [3.8, 4) is 5.75 Å². The van der Waals surface area contributed by atoms with Crippen molar-refractivity contribution in [2.75, 3.05) is 35.9 Å². The first kappa shape index (κ1) is 21.6. The normalized spacial score (nSPS) is 11.1. The van der Waals surface area contributed by atoms with Crippen molar-refractivity contribution >= 4 is 21.4 Å². The number of aryl methyl sites for hydroxylation is 1. The molecule has 0 saturated carbocycles. The van der Waals surface area contributed by atoms with E-state index in [0.717, 1.165) is 11.3 Å². The van der Waals surface area contributed by atoms with E-state index in [1.165, 1.54) is 4.31 Å². The van der Waals surface area contributed by atoms with Crippen LogP contribution >= 0.6 is 0 Å². The fourth-order valence-electron chi connectivity index (χ4n) is 3.01. The number of hydrogen-bond acceptors (Lipinski definition) is 6. The molecule has 3 aromatic rings. The van der Waals surface area contributed by atoms with Crippen molar-refractivity contribution < 1.29 is 13.2 Å². The number of pyridine rings is 1. The van der Waals surface area contributed by atoms with Gasteiger partial charge in [-0.15, -0.1) is 0 Å². The van der Waals surface area contributed by atoms with Crippen LogP contribution in [0.1, 0.15) is 5.56 Å². The van der Waals surface area contributed by atoms with Gasteiger partial charge < -0.3 is 15.8 Å². The summed E-state index contributed by atoms with van der Waals surface area (Å²) in [7, 11) is -3.73. The lowest BCUT2D eigenvalue weighted by atomic mass is 10.2. The average molecular weight is 427 g/mol. The molecule has 30 heavy (non-hydrogen) atoms. The monoisotopic (exact) mass is 426 g/mol. The Morgan fingerprint density at radius 1 is 1.07 bits per heavy atom. The quantitative estimate of drug-likeness (QED) is 0.484. The topological polar surface area (TPSA) is 97.5 Å². The minimum Gasteiger partial charge on any atom is -0.492 e. The van der Waals surface area contributed by atoms with Crippen molar-refractivity contribution in [3.05, 3.63) is 78.6 Å². The second kappa shape index (κ2) is 10.1. The number of rotatable bonds is 10. The Balaban J connectivity index is 1.76. The number of nitrogens with one attached hydrogen (secondary N) is 1. The summed E-state index contributed by atoms with van der Waals surface area (Å²) in [6, 6.07) is 17.5. The highest BCUT2D eigenvalue weighted by Crippen LogP contribution is 2.28. The predicted molar refractivity (Wildman–Crippen MR) is 119 cm³/mol. The van der Waals surface area contributed by atoms with Gasteiger partial charge in [-0.05, 0) is 48.9 Å². The lowest BCUT2D eigenvalue weighted by molar-refractivity contribution is 0.333. The number of ether oxygens (including phenoxy) is 1. The number of nitrogens with two attached hydrogens (primary N) is 1. The first-order chi connectivity index (χ1) is 14.5. The van der Waals surface area contributed by atoms with E-state index in [-0.39, 0.29) is 18.0 Å². The fourth-order valence-corrected chi connectivity index (χ4v) is 4.50. The molecule has 0 amide bonds. The molecule has 7 nitrogen and oxygen atoms in total. The van der Waals surface area contributed by atoms with Gasteiger partial charge in [-0.1, -0.05) is 18.2 Å². The lowest BCUT2D eigenvalue weighted by Crippen LogP contribution is -2.35. The molecular weight excluding hydrogens is 400 g/mol. The van der Waals surface area contributed by atoms with Crippen LogP contribution in [-0.2, 0) is 10.0 Å². The van der Waals surface area contributed by atoms with Crippen molar-refractivity contribution in [2.45, 2.75) is 11.8 Å². The zero-order chi connectivity index (χ0) is 21.4. The van der Waals surface area contributed by atoms with Gasteiger partial charge in [0.15, 0.2) is 0 Å². The molecule has 0 aliphatic heterocycles. The van der Waals surface area contributed by atoms with Crippen LogP contribution in [0.15, 0.2) is 78.0 Å². The zero-order valence-electron chi connectivity index (χ0n) is 16.9.